The summed E-state index contributed by atoms with van der Waals surface area (Å²) in [4.78, 5) is 23.3. The van der Waals surface area contributed by atoms with Gasteiger partial charge in [0.15, 0.2) is 11.5 Å². The molecule has 0 aliphatic heterocycles. The van der Waals surface area contributed by atoms with Gasteiger partial charge in [-0.05, 0) is 19.4 Å². The maximum absolute atomic E-state index is 14.0. The monoisotopic (exact) mass is 298 g/mol. The quantitative estimate of drug-likeness (QED) is 0.439. The second-order valence-electron chi connectivity index (χ2n) is 4.66. The first-order valence-electron chi connectivity index (χ1n) is 6.68. The number of ether oxygens (including phenoxy) is 1. The van der Waals surface area contributed by atoms with Gasteiger partial charge in [0.2, 0.25) is 0 Å². The Kier molecular flexibility index (Phi) is 6.08. The van der Waals surface area contributed by atoms with E-state index in [0.29, 0.717) is 19.5 Å². The van der Waals surface area contributed by atoms with Crippen LogP contribution >= 0.6 is 0 Å². The summed E-state index contributed by atoms with van der Waals surface area (Å²) in [5, 5.41) is 11.0. The van der Waals surface area contributed by atoms with E-state index in [9.17, 15) is 19.3 Å². The van der Waals surface area contributed by atoms with Crippen molar-refractivity contribution in [1.29, 1.82) is 0 Å². The number of nitrogens with zero attached hydrogens (tertiary/aromatic N) is 2. The largest absolute Gasteiger partial charge is 0.469 e. The summed E-state index contributed by atoms with van der Waals surface area (Å²) in [5.41, 5.74) is -0.315. The molecule has 1 aromatic rings. The molecule has 7 heteroatoms. The number of anilines is 1. The van der Waals surface area contributed by atoms with Crippen LogP contribution in [0.5, 0.6) is 0 Å². The van der Waals surface area contributed by atoms with Crippen molar-refractivity contribution < 1.29 is 18.8 Å². The lowest BCUT2D eigenvalue weighted by molar-refractivity contribution is -0.384. The number of para-hydroxylation sites is 1. The van der Waals surface area contributed by atoms with E-state index >= 15 is 0 Å². The van der Waals surface area contributed by atoms with Gasteiger partial charge in [0.05, 0.1) is 18.0 Å². The number of nitro benzene ring substituents is 1. The number of carbonyl (C=O) groups is 1. The van der Waals surface area contributed by atoms with Crippen molar-refractivity contribution in [2.75, 3.05) is 25.1 Å². The highest BCUT2D eigenvalue weighted by Gasteiger charge is 2.24. The lowest BCUT2D eigenvalue weighted by Gasteiger charge is -2.24. The van der Waals surface area contributed by atoms with Gasteiger partial charge >= 0.3 is 5.97 Å². The first-order valence-corrected chi connectivity index (χ1v) is 6.68. The molecule has 0 fully saturated rings. The molecule has 0 radical (unpaired) electrons. The lowest BCUT2D eigenvalue weighted by atomic mass is 10.1. The predicted molar refractivity (Wildman–Crippen MR) is 76.7 cm³/mol. The van der Waals surface area contributed by atoms with Gasteiger partial charge in [-0.3, -0.25) is 14.9 Å². The molecule has 21 heavy (non-hydrogen) atoms. The van der Waals surface area contributed by atoms with E-state index in [0.717, 1.165) is 0 Å². The Morgan fingerprint density at radius 1 is 1.52 bits per heavy atom. The molecule has 0 saturated heterocycles. The Morgan fingerprint density at radius 2 is 2.19 bits per heavy atom. The Hall–Kier alpha value is -2.18. The summed E-state index contributed by atoms with van der Waals surface area (Å²) in [5.74, 6) is -1.35. The molecular formula is C14H19FN2O4. The van der Waals surface area contributed by atoms with Crippen LogP contribution in [0.25, 0.3) is 0 Å². The number of benzene rings is 1. The molecule has 0 bridgehead atoms. The molecule has 1 unspecified atom stereocenters. The number of hydrogen-bond acceptors (Lipinski definition) is 5. The highest BCUT2D eigenvalue weighted by Crippen LogP contribution is 2.31. The third-order valence-corrected chi connectivity index (χ3v) is 3.30. The van der Waals surface area contributed by atoms with Crippen molar-refractivity contribution in [1.82, 2.24) is 0 Å². The minimum Gasteiger partial charge on any atom is -0.469 e. The molecule has 1 rings (SSSR count). The standard InChI is InChI=1S/C14H19FN2O4/c1-4-16(9-8-10(2)14(18)21-3)13-11(15)6-5-7-12(13)17(19)20/h5-7,10H,4,8-9H2,1-3H3. The number of hydrogen-bond donors (Lipinski definition) is 0. The average molecular weight is 298 g/mol. The Labute approximate surface area is 122 Å². The van der Waals surface area contributed by atoms with Crippen molar-refractivity contribution >= 4 is 17.3 Å². The number of rotatable bonds is 7. The first-order chi connectivity index (χ1) is 9.92. The van der Waals surface area contributed by atoms with Gasteiger partial charge in [0, 0.05) is 19.2 Å². The van der Waals surface area contributed by atoms with E-state index in [1.807, 2.05) is 0 Å². The Bertz CT molecular complexity index is 522. The smallest absolute Gasteiger partial charge is 0.308 e. The van der Waals surface area contributed by atoms with Crippen molar-refractivity contribution in [3.63, 3.8) is 0 Å². The second kappa shape index (κ2) is 7.56. The van der Waals surface area contributed by atoms with E-state index in [4.69, 9.17) is 0 Å². The van der Waals surface area contributed by atoms with E-state index in [2.05, 4.69) is 4.74 Å². The SMILES string of the molecule is CCN(CCC(C)C(=O)OC)c1c(F)cccc1[N+](=O)[O-]. The number of nitro groups is 1. The van der Waals surface area contributed by atoms with Gasteiger partial charge in [0.1, 0.15) is 0 Å². The molecule has 0 N–H and O–H groups in total. The highest BCUT2D eigenvalue weighted by molar-refractivity contribution is 5.72. The van der Waals surface area contributed by atoms with Crippen LogP contribution in [0.1, 0.15) is 20.3 Å². The molecule has 0 saturated carbocycles. The Balaban J connectivity index is 2.95. The van der Waals surface area contributed by atoms with Gasteiger partial charge < -0.3 is 9.64 Å². The van der Waals surface area contributed by atoms with E-state index in [-0.39, 0.29) is 23.3 Å². The molecule has 1 aromatic carbocycles. The molecule has 0 heterocycles. The topological polar surface area (TPSA) is 72.7 Å². The minimum absolute atomic E-state index is 0.0398. The summed E-state index contributed by atoms with van der Waals surface area (Å²) in [6.45, 7) is 4.21. The van der Waals surface area contributed by atoms with Crippen LogP contribution in [0.4, 0.5) is 15.8 Å². The third-order valence-electron chi connectivity index (χ3n) is 3.30. The zero-order valence-corrected chi connectivity index (χ0v) is 12.3. The number of carbonyl (C=O) groups excluding carboxylic acids is 1. The number of esters is 1. The highest BCUT2D eigenvalue weighted by atomic mass is 19.1. The molecule has 6 nitrogen and oxygen atoms in total. The molecule has 0 spiro atoms. The number of halogens is 1. The van der Waals surface area contributed by atoms with E-state index in [1.165, 1.54) is 25.3 Å². The third kappa shape index (κ3) is 4.14. The molecule has 0 amide bonds. The van der Waals surface area contributed by atoms with Gasteiger partial charge in [-0.25, -0.2) is 4.39 Å². The summed E-state index contributed by atoms with van der Waals surface area (Å²) < 4.78 is 18.6. The van der Waals surface area contributed by atoms with Crippen LogP contribution in [0.15, 0.2) is 18.2 Å². The molecule has 1 atom stereocenters. The normalized spacial score (nSPS) is 11.8. The van der Waals surface area contributed by atoms with Crippen molar-refractivity contribution in [3.05, 3.63) is 34.1 Å². The molecular weight excluding hydrogens is 279 g/mol. The van der Waals surface area contributed by atoms with Crippen LogP contribution in [0.3, 0.4) is 0 Å². The van der Waals surface area contributed by atoms with Crippen LogP contribution in [-0.4, -0.2) is 31.1 Å². The van der Waals surface area contributed by atoms with Gasteiger partial charge in [-0.15, -0.1) is 0 Å². The van der Waals surface area contributed by atoms with Crippen molar-refractivity contribution in [2.45, 2.75) is 20.3 Å². The van der Waals surface area contributed by atoms with Crippen molar-refractivity contribution in [2.24, 2.45) is 5.92 Å². The number of methoxy groups -OCH3 is 1. The van der Waals surface area contributed by atoms with E-state index < -0.39 is 10.7 Å². The fourth-order valence-electron chi connectivity index (χ4n) is 2.06. The second-order valence-corrected chi connectivity index (χ2v) is 4.66. The summed E-state index contributed by atoms with van der Waals surface area (Å²) in [6, 6.07) is 3.77. The van der Waals surface area contributed by atoms with Crippen LogP contribution in [0.2, 0.25) is 0 Å². The molecule has 0 aliphatic rings. The summed E-state index contributed by atoms with van der Waals surface area (Å²) in [6.07, 6.45) is 0.423. The lowest BCUT2D eigenvalue weighted by Crippen LogP contribution is -2.28. The average Bonchev–Trinajstić information content (AvgIpc) is 2.47. The summed E-state index contributed by atoms with van der Waals surface area (Å²) in [7, 11) is 1.30. The van der Waals surface area contributed by atoms with Crippen LogP contribution in [0, 0.1) is 21.8 Å². The minimum atomic E-state index is -0.642. The fraction of sp³-hybridized carbons (Fsp3) is 0.500. The fourth-order valence-corrected chi connectivity index (χ4v) is 2.06. The molecule has 0 aromatic heterocycles. The van der Waals surface area contributed by atoms with Gasteiger partial charge in [-0.2, -0.15) is 0 Å². The zero-order valence-electron chi connectivity index (χ0n) is 12.3. The van der Waals surface area contributed by atoms with Gasteiger partial charge in [0.25, 0.3) is 5.69 Å². The zero-order chi connectivity index (χ0) is 16.0. The predicted octanol–water partition coefficient (Wildman–Crippen LogP) is 2.76. The van der Waals surface area contributed by atoms with Crippen molar-refractivity contribution in [3.8, 4) is 0 Å². The summed E-state index contributed by atoms with van der Waals surface area (Å²) >= 11 is 0. The van der Waals surface area contributed by atoms with E-state index in [1.54, 1.807) is 18.7 Å². The maximum atomic E-state index is 14.0. The first kappa shape index (κ1) is 16.9. The van der Waals surface area contributed by atoms with Crippen LogP contribution < -0.4 is 4.90 Å². The molecule has 0 aliphatic carbocycles. The molecule has 116 valence electrons. The van der Waals surface area contributed by atoms with Gasteiger partial charge in [-0.1, -0.05) is 13.0 Å². The van der Waals surface area contributed by atoms with Crippen LogP contribution in [-0.2, 0) is 9.53 Å². The Morgan fingerprint density at radius 3 is 2.71 bits per heavy atom. The maximum Gasteiger partial charge on any atom is 0.308 e.